The molecule has 8 nitrogen and oxygen atoms in total. The maximum atomic E-state index is 12.3. The molecular weight excluding hydrogens is 410 g/mol. The summed E-state index contributed by atoms with van der Waals surface area (Å²) in [4.78, 5) is 34.6. The normalized spacial score (nSPS) is 11.3. The van der Waals surface area contributed by atoms with Crippen LogP contribution < -0.4 is 25.8 Å². The summed E-state index contributed by atoms with van der Waals surface area (Å²) in [5.74, 6) is 0.411. The van der Waals surface area contributed by atoms with E-state index in [4.69, 9.17) is 26.8 Å². The average Bonchev–Trinajstić information content (AvgIpc) is 2.71. The Morgan fingerprint density at radius 2 is 1.77 bits per heavy atom. The van der Waals surface area contributed by atoms with Crippen LogP contribution in [0.4, 0.5) is 0 Å². The highest BCUT2D eigenvalue weighted by molar-refractivity contribution is 6.32. The van der Waals surface area contributed by atoms with E-state index in [1.54, 1.807) is 49.6 Å². The zero-order chi connectivity index (χ0) is 22.1. The molecule has 0 saturated heterocycles. The van der Waals surface area contributed by atoms with Gasteiger partial charge in [-0.15, -0.1) is 0 Å². The highest BCUT2D eigenvalue weighted by atomic mass is 35.5. The minimum Gasteiger partial charge on any atom is -0.497 e. The first-order valence-corrected chi connectivity index (χ1v) is 9.59. The Hall–Kier alpha value is -3.26. The molecule has 3 amide bonds. The largest absolute Gasteiger partial charge is 0.497 e. The highest BCUT2D eigenvalue weighted by Gasteiger charge is 2.19. The maximum Gasteiger partial charge on any atom is 0.242 e. The Labute approximate surface area is 179 Å². The molecule has 30 heavy (non-hydrogen) atoms. The van der Waals surface area contributed by atoms with E-state index in [1.807, 2.05) is 0 Å². The molecule has 0 aliphatic carbocycles. The third kappa shape index (κ3) is 7.29. The van der Waals surface area contributed by atoms with E-state index < -0.39 is 17.9 Å². The molecule has 0 aromatic heterocycles. The number of amides is 3. The molecule has 160 valence electrons. The Kier molecular flexibility index (Phi) is 8.49. The minimum atomic E-state index is -0.824. The molecule has 0 aliphatic rings. The maximum absolute atomic E-state index is 12.3. The predicted molar refractivity (Wildman–Crippen MR) is 112 cm³/mol. The molecular formula is C21H24ClN3O5. The van der Waals surface area contributed by atoms with E-state index in [0.29, 0.717) is 22.3 Å². The summed E-state index contributed by atoms with van der Waals surface area (Å²) in [7, 11) is 1.56. The number of nitrogens with one attached hydrogen (secondary N) is 2. The molecule has 0 aliphatic heterocycles. The summed E-state index contributed by atoms with van der Waals surface area (Å²) < 4.78 is 10.9. The number of carbonyl (C=O) groups excluding carboxylic acids is 3. The molecule has 2 rings (SSSR count). The standard InChI is InChI=1S/C21H24ClN3O5/c1-13(26)25-18(8-10-20(23)27)21(28)24-12-14-3-5-15(6-4-14)30-19-9-7-16(29-2)11-17(19)22/h3-7,9,11,18H,8,10,12H2,1-2H3,(H2,23,27)(H,24,28)(H,25,26)/t18-/m0/s1. The van der Waals surface area contributed by atoms with Crippen LogP contribution in [-0.4, -0.2) is 30.9 Å². The lowest BCUT2D eigenvalue weighted by atomic mass is 10.1. The lowest BCUT2D eigenvalue weighted by molar-refractivity contribution is -0.128. The van der Waals surface area contributed by atoms with Crippen LogP contribution in [0.1, 0.15) is 25.3 Å². The molecule has 0 saturated carbocycles. The third-order valence-corrected chi connectivity index (χ3v) is 4.43. The molecule has 0 fully saturated rings. The van der Waals surface area contributed by atoms with Crippen molar-refractivity contribution >= 4 is 29.3 Å². The van der Waals surface area contributed by atoms with Gasteiger partial charge in [-0.3, -0.25) is 14.4 Å². The number of benzene rings is 2. The monoisotopic (exact) mass is 433 g/mol. The summed E-state index contributed by atoms with van der Waals surface area (Å²) in [6.45, 7) is 1.55. The van der Waals surface area contributed by atoms with Crippen molar-refractivity contribution in [3.05, 3.63) is 53.1 Å². The highest BCUT2D eigenvalue weighted by Crippen LogP contribution is 2.32. The van der Waals surface area contributed by atoms with Gasteiger partial charge in [0.25, 0.3) is 0 Å². The van der Waals surface area contributed by atoms with E-state index in [2.05, 4.69) is 10.6 Å². The number of ether oxygens (including phenoxy) is 2. The topological polar surface area (TPSA) is 120 Å². The van der Waals surface area contributed by atoms with E-state index in [1.165, 1.54) is 6.92 Å². The van der Waals surface area contributed by atoms with Crippen molar-refractivity contribution in [1.29, 1.82) is 0 Å². The van der Waals surface area contributed by atoms with Crippen molar-refractivity contribution in [2.45, 2.75) is 32.4 Å². The molecule has 0 unspecified atom stereocenters. The van der Waals surface area contributed by atoms with Crippen molar-refractivity contribution in [2.24, 2.45) is 5.73 Å². The summed E-state index contributed by atoms with van der Waals surface area (Å²) >= 11 is 6.17. The number of methoxy groups -OCH3 is 1. The average molecular weight is 434 g/mol. The number of primary amides is 1. The van der Waals surface area contributed by atoms with Gasteiger partial charge in [0.2, 0.25) is 17.7 Å². The van der Waals surface area contributed by atoms with Crippen molar-refractivity contribution in [3.63, 3.8) is 0 Å². The lowest BCUT2D eigenvalue weighted by Crippen LogP contribution is -2.46. The van der Waals surface area contributed by atoms with Crippen LogP contribution in [0, 0.1) is 0 Å². The molecule has 2 aromatic rings. The predicted octanol–water partition coefficient (Wildman–Crippen LogP) is 2.53. The molecule has 0 spiro atoms. The van der Waals surface area contributed by atoms with Crippen LogP contribution >= 0.6 is 11.6 Å². The van der Waals surface area contributed by atoms with Crippen molar-refractivity contribution < 1.29 is 23.9 Å². The fourth-order valence-corrected chi connectivity index (χ4v) is 2.82. The third-order valence-electron chi connectivity index (χ3n) is 4.13. The summed E-state index contributed by atoms with van der Waals surface area (Å²) in [5.41, 5.74) is 5.95. The number of rotatable bonds is 10. The van der Waals surface area contributed by atoms with Gasteiger partial charge in [0.15, 0.2) is 0 Å². The number of halogens is 1. The molecule has 1 atom stereocenters. The first-order valence-electron chi connectivity index (χ1n) is 9.22. The van der Waals surface area contributed by atoms with Crippen molar-refractivity contribution in [2.75, 3.05) is 7.11 Å². The second kappa shape index (κ2) is 11.1. The van der Waals surface area contributed by atoms with Crippen LogP contribution in [0.5, 0.6) is 17.2 Å². The van der Waals surface area contributed by atoms with E-state index in [9.17, 15) is 14.4 Å². The molecule has 4 N–H and O–H groups in total. The summed E-state index contributed by atoms with van der Waals surface area (Å²) in [5, 5.41) is 5.68. The molecule has 2 aromatic carbocycles. The van der Waals surface area contributed by atoms with Gasteiger partial charge in [-0.1, -0.05) is 23.7 Å². The molecule has 0 bridgehead atoms. The van der Waals surface area contributed by atoms with Gasteiger partial charge in [0.05, 0.1) is 12.1 Å². The van der Waals surface area contributed by atoms with Crippen LogP contribution in [0.25, 0.3) is 0 Å². The van der Waals surface area contributed by atoms with Crippen molar-refractivity contribution in [3.8, 4) is 17.2 Å². The number of hydrogen-bond acceptors (Lipinski definition) is 5. The summed E-state index contributed by atoms with van der Waals surface area (Å²) in [6, 6.07) is 11.4. The second-order valence-electron chi connectivity index (χ2n) is 6.52. The van der Waals surface area contributed by atoms with Gasteiger partial charge >= 0.3 is 0 Å². The first kappa shape index (κ1) is 23.0. The van der Waals surface area contributed by atoms with Crippen LogP contribution in [-0.2, 0) is 20.9 Å². The number of hydrogen-bond donors (Lipinski definition) is 3. The first-order chi connectivity index (χ1) is 14.3. The Morgan fingerprint density at radius 1 is 1.10 bits per heavy atom. The second-order valence-corrected chi connectivity index (χ2v) is 6.93. The molecule has 0 radical (unpaired) electrons. The fraction of sp³-hybridized carbons (Fsp3) is 0.286. The van der Waals surface area contributed by atoms with Crippen LogP contribution in [0.15, 0.2) is 42.5 Å². The summed E-state index contributed by atoms with van der Waals surface area (Å²) in [6.07, 6.45) is 0.133. The van der Waals surface area contributed by atoms with Gasteiger partial charge in [0, 0.05) is 26.0 Å². The fourth-order valence-electron chi connectivity index (χ4n) is 2.61. The zero-order valence-electron chi connectivity index (χ0n) is 16.7. The minimum absolute atomic E-state index is 0.00166. The van der Waals surface area contributed by atoms with Gasteiger partial charge in [-0.05, 0) is 36.2 Å². The van der Waals surface area contributed by atoms with Gasteiger partial charge in [-0.2, -0.15) is 0 Å². The van der Waals surface area contributed by atoms with E-state index in [-0.39, 0.29) is 25.3 Å². The lowest BCUT2D eigenvalue weighted by Gasteiger charge is -2.17. The molecule has 9 heteroatoms. The Balaban J connectivity index is 1.93. The van der Waals surface area contributed by atoms with Crippen molar-refractivity contribution in [1.82, 2.24) is 10.6 Å². The quantitative estimate of drug-likeness (QED) is 0.531. The van der Waals surface area contributed by atoms with E-state index in [0.717, 1.165) is 5.56 Å². The Morgan fingerprint density at radius 3 is 2.33 bits per heavy atom. The van der Waals surface area contributed by atoms with Crippen LogP contribution in [0.3, 0.4) is 0 Å². The van der Waals surface area contributed by atoms with Crippen LogP contribution in [0.2, 0.25) is 5.02 Å². The smallest absolute Gasteiger partial charge is 0.242 e. The Bertz CT molecular complexity index is 902. The van der Waals surface area contributed by atoms with Gasteiger partial charge in [-0.25, -0.2) is 0 Å². The molecule has 0 heterocycles. The van der Waals surface area contributed by atoms with E-state index >= 15 is 0 Å². The number of nitrogens with two attached hydrogens (primary N) is 1. The SMILES string of the molecule is COc1ccc(Oc2ccc(CNC(=O)[C@H](CCC(N)=O)NC(C)=O)cc2)c(Cl)c1. The zero-order valence-corrected chi connectivity index (χ0v) is 17.5. The van der Waals surface area contributed by atoms with Gasteiger partial charge in [0.1, 0.15) is 23.3 Å². The van der Waals surface area contributed by atoms with Gasteiger partial charge < -0.3 is 25.8 Å². The number of carbonyl (C=O) groups is 3.